The molecule has 0 aromatic carbocycles. The van der Waals surface area contributed by atoms with E-state index in [1.807, 2.05) is 23.1 Å². The third-order valence-corrected chi connectivity index (χ3v) is 3.65. The van der Waals surface area contributed by atoms with Crippen LogP contribution in [0.15, 0.2) is 18.5 Å². The van der Waals surface area contributed by atoms with E-state index in [1.54, 1.807) is 0 Å². The quantitative estimate of drug-likeness (QED) is 0.828. The molecule has 1 aliphatic carbocycles. The smallest absolute Gasteiger partial charge is 0.0489 e. The molecule has 1 aliphatic rings. The zero-order valence-electron chi connectivity index (χ0n) is 10.4. The largest absolute Gasteiger partial charge is 0.309 e. The first kappa shape index (κ1) is 11.6. The van der Waals surface area contributed by atoms with Crippen LogP contribution < -0.4 is 5.32 Å². The molecule has 0 spiro atoms. The van der Waals surface area contributed by atoms with Crippen molar-refractivity contribution in [3.8, 4) is 0 Å². The lowest BCUT2D eigenvalue weighted by atomic mass is 9.99. The molecule has 1 aromatic rings. The number of aryl methyl sites for hydroxylation is 1. The van der Waals surface area contributed by atoms with Crippen LogP contribution in [0.3, 0.4) is 0 Å². The molecule has 16 heavy (non-hydrogen) atoms. The molecule has 3 heteroatoms. The molecular formula is C13H23N3. The Labute approximate surface area is 98.2 Å². The molecule has 1 unspecified atom stereocenters. The van der Waals surface area contributed by atoms with Gasteiger partial charge in [-0.2, -0.15) is 5.10 Å². The average molecular weight is 221 g/mol. The van der Waals surface area contributed by atoms with Gasteiger partial charge in [0, 0.05) is 30.5 Å². The lowest BCUT2D eigenvalue weighted by Crippen LogP contribution is -2.45. The van der Waals surface area contributed by atoms with Crippen molar-refractivity contribution in [3.05, 3.63) is 18.5 Å². The topological polar surface area (TPSA) is 29.9 Å². The lowest BCUT2D eigenvalue weighted by Gasteiger charge is -2.29. The minimum absolute atomic E-state index is 0.392. The second-order valence-corrected chi connectivity index (χ2v) is 5.37. The lowest BCUT2D eigenvalue weighted by molar-refractivity contribution is 0.306. The molecule has 1 fully saturated rings. The Bertz CT molecular complexity index is 299. The van der Waals surface area contributed by atoms with E-state index in [4.69, 9.17) is 0 Å². The van der Waals surface area contributed by atoms with Crippen molar-refractivity contribution >= 4 is 0 Å². The molecule has 0 amide bonds. The fourth-order valence-electron chi connectivity index (χ4n) is 2.73. The van der Waals surface area contributed by atoms with Gasteiger partial charge in [-0.1, -0.05) is 12.8 Å². The number of aromatic nitrogens is 2. The van der Waals surface area contributed by atoms with Crippen molar-refractivity contribution < 1.29 is 0 Å². The van der Waals surface area contributed by atoms with Gasteiger partial charge in [-0.05, 0) is 39.2 Å². The van der Waals surface area contributed by atoms with Gasteiger partial charge in [0.2, 0.25) is 0 Å². The standard InChI is InChI=1S/C13H23N3/c1-12(6-11-16-10-5-9-14-16)15-13(2)7-3-4-8-13/h5,9-10,12,15H,3-4,6-8,11H2,1-2H3. The molecular weight excluding hydrogens is 198 g/mol. The van der Waals surface area contributed by atoms with Crippen molar-refractivity contribution in [2.24, 2.45) is 0 Å². The fourth-order valence-corrected chi connectivity index (χ4v) is 2.73. The van der Waals surface area contributed by atoms with Crippen LogP contribution in [0.25, 0.3) is 0 Å². The van der Waals surface area contributed by atoms with Gasteiger partial charge in [0.15, 0.2) is 0 Å². The molecule has 1 aromatic heterocycles. The van der Waals surface area contributed by atoms with Crippen LogP contribution in [0.5, 0.6) is 0 Å². The summed E-state index contributed by atoms with van der Waals surface area (Å²) in [5.41, 5.74) is 0.392. The molecule has 0 saturated heterocycles. The summed E-state index contributed by atoms with van der Waals surface area (Å²) in [7, 11) is 0. The van der Waals surface area contributed by atoms with Gasteiger partial charge < -0.3 is 5.32 Å². The number of nitrogens with zero attached hydrogens (tertiary/aromatic N) is 2. The summed E-state index contributed by atoms with van der Waals surface area (Å²) in [5, 5.41) is 8.00. The molecule has 90 valence electrons. The van der Waals surface area contributed by atoms with Gasteiger partial charge >= 0.3 is 0 Å². The predicted molar refractivity (Wildman–Crippen MR) is 66.3 cm³/mol. The molecule has 1 atom stereocenters. The number of nitrogens with one attached hydrogen (secondary N) is 1. The van der Waals surface area contributed by atoms with Crippen molar-refractivity contribution in [1.82, 2.24) is 15.1 Å². The normalized spacial score (nSPS) is 21.1. The Morgan fingerprint density at radius 1 is 1.44 bits per heavy atom. The first-order valence-corrected chi connectivity index (χ1v) is 6.43. The molecule has 3 nitrogen and oxygen atoms in total. The predicted octanol–water partition coefficient (Wildman–Crippen LogP) is 2.58. The number of hydrogen-bond acceptors (Lipinski definition) is 2. The minimum atomic E-state index is 0.392. The Balaban J connectivity index is 1.73. The highest BCUT2D eigenvalue weighted by atomic mass is 15.3. The first-order valence-electron chi connectivity index (χ1n) is 6.43. The Morgan fingerprint density at radius 3 is 2.81 bits per heavy atom. The van der Waals surface area contributed by atoms with Crippen LogP contribution in [-0.2, 0) is 6.54 Å². The van der Waals surface area contributed by atoms with Crippen LogP contribution in [0, 0.1) is 0 Å². The van der Waals surface area contributed by atoms with Gasteiger partial charge in [0.1, 0.15) is 0 Å². The molecule has 1 saturated carbocycles. The fraction of sp³-hybridized carbons (Fsp3) is 0.769. The van der Waals surface area contributed by atoms with Crippen LogP contribution >= 0.6 is 0 Å². The molecule has 2 rings (SSSR count). The maximum atomic E-state index is 4.23. The zero-order chi connectivity index (χ0) is 11.4. The zero-order valence-corrected chi connectivity index (χ0v) is 10.4. The van der Waals surface area contributed by atoms with Crippen LogP contribution in [0.4, 0.5) is 0 Å². The molecule has 0 bridgehead atoms. The highest BCUT2D eigenvalue weighted by Crippen LogP contribution is 2.29. The van der Waals surface area contributed by atoms with E-state index < -0.39 is 0 Å². The van der Waals surface area contributed by atoms with Crippen molar-refractivity contribution in [2.75, 3.05) is 0 Å². The maximum Gasteiger partial charge on any atom is 0.0489 e. The SMILES string of the molecule is CC(CCn1cccn1)NC1(C)CCCC1. The van der Waals surface area contributed by atoms with Crippen LogP contribution in [-0.4, -0.2) is 21.4 Å². The summed E-state index contributed by atoms with van der Waals surface area (Å²) in [6, 6.07) is 2.56. The van der Waals surface area contributed by atoms with E-state index in [0.717, 1.165) is 13.0 Å². The Morgan fingerprint density at radius 2 is 2.19 bits per heavy atom. The summed E-state index contributed by atoms with van der Waals surface area (Å²) >= 11 is 0. The van der Waals surface area contributed by atoms with E-state index in [2.05, 4.69) is 24.3 Å². The monoisotopic (exact) mass is 221 g/mol. The number of hydrogen-bond donors (Lipinski definition) is 1. The van der Waals surface area contributed by atoms with Crippen molar-refractivity contribution in [3.63, 3.8) is 0 Å². The van der Waals surface area contributed by atoms with Gasteiger partial charge in [0.05, 0.1) is 0 Å². The first-order chi connectivity index (χ1) is 7.68. The summed E-state index contributed by atoms with van der Waals surface area (Å²) in [6.45, 7) is 5.66. The maximum absolute atomic E-state index is 4.23. The second-order valence-electron chi connectivity index (χ2n) is 5.37. The highest BCUT2D eigenvalue weighted by molar-refractivity contribution is 4.90. The van der Waals surface area contributed by atoms with E-state index in [1.165, 1.54) is 25.7 Å². The van der Waals surface area contributed by atoms with E-state index >= 15 is 0 Å². The molecule has 0 radical (unpaired) electrons. The van der Waals surface area contributed by atoms with Gasteiger partial charge in [-0.25, -0.2) is 0 Å². The minimum Gasteiger partial charge on any atom is -0.309 e. The summed E-state index contributed by atoms with van der Waals surface area (Å²) in [6.07, 6.45) is 10.5. The van der Waals surface area contributed by atoms with Crippen LogP contribution in [0.2, 0.25) is 0 Å². The van der Waals surface area contributed by atoms with Gasteiger partial charge in [-0.3, -0.25) is 4.68 Å². The number of rotatable bonds is 5. The highest BCUT2D eigenvalue weighted by Gasteiger charge is 2.29. The second kappa shape index (κ2) is 5.00. The van der Waals surface area contributed by atoms with E-state index in [-0.39, 0.29) is 0 Å². The summed E-state index contributed by atoms with van der Waals surface area (Å²) in [4.78, 5) is 0. The third kappa shape index (κ3) is 3.08. The Hall–Kier alpha value is -0.830. The molecule has 1 heterocycles. The van der Waals surface area contributed by atoms with Gasteiger partial charge in [0.25, 0.3) is 0 Å². The van der Waals surface area contributed by atoms with Crippen LogP contribution in [0.1, 0.15) is 46.0 Å². The van der Waals surface area contributed by atoms with Gasteiger partial charge in [-0.15, -0.1) is 0 Å². The van der Waals surface area contributed by atoms with E-state index in [9.17, 15) is 0 Å². The van der Waals surface area contributed by atoms with E-state index in [0.29, 0.717) is 11.6 Å². The third-order valence-electron chi connectivity index (χ3n) is 3.65. The molecule has 0 aliphatic heterocycles. The molecule has 1 N–H and O–H groups in total. The summed E-state index contributed by atoms with van der Waals surface area (Å²) in [5.74, 6) is 0. The summed E-state index contributed by atoms with van der Waals surface area (Å²) < 4.78 is 2.01. The van der Waals surface area contributed by atoms with Crippen molar-refractivity contribution in [1.29, 1.82) is 0 Å². The van der Waals surface area contributed by atoms with Crippen molar-refractivity contribution in [2.45, 2.75) is 64.1 Å². The Kier molecular flexibility index (Phi) is 3.64. The average Bonchev–Trinajstić information content (AvgIpc) is 2.86.